The van der Waals surface area contributed by atoms with Crippen molar-refractivity contribution >= 4 is 21.6 Å². The third-order valence-corrected chi connectivity index (χ3v) is 3.73. The maximum Gasteiger partial charge on any atom is 0.120 e. The fourth-order valence-electron chi connectivity index (χ4n) is 2.01. The molecule has 2 rings (SSSR count). The Morgan fingerprint density at radius 2 is 1.79 bits per heavy atom. The zero-order valence-corrected chi connectivity index (χ0v) is 12.8. The Balaban J connectivity index is 2.15. The average Bonchev–Trinajstić information content (AvgIpc) is 2.43. The molecule has 0 unspecified atom stereocenters. The molecule has 0 heterocycles. The molecule has 0 aliphatic rings. The van der Waals surface area contributed by atoms with E-state index >= 15 is 0 Å². The predicted octanol–water partition coefficient (Wildman–Crippen LogP) is 4.35. The molecule has 3 heteroatoms. The minimum absolute atomic E-state index is 0.334. The first-order chi connectivity index (χ1) is 9.10. The van der Waals surface area contributed by atoms with Crippen LogP contribution in [0.15, 0.2) is 46.9 Å². The minimum atomic E-state index is 0.334. The number of aryl methyl sites for hydroxylation is 1. The summed E-state index contributed by atoms with van der Waals surface area (Å²) >= 11 is 3.43. The molecule has 0 saturated carbocycles. The van der Waals surface area contributed by atoms with Gasteiger partial charge in [0.15, 0.2) is 0 Å². The Kier molecular flexibility index (Phi) is 4.48. The average molecular weight is 320 g/mol. The molecule has 0 fully saturated rings. The number of nitrogens with zero attached hydrogens (tertiary/aromatic N) is 1. The van der Waals surface area contributed by atoms with Crippen LogP contribution in [0.2, 0.25) is 0 Å². The molecule has 0 saturated heterocycles. The number of rotatable bonds is 4. The van der Waals surface area contributed by atoms with Gasteiger partial charge in [-0.05, 0) is 42.3 Å². The quantitative estimate of drug-likeness (QED) is 0.905. The van der Waals surface area contributed by atoms with Gasteiger partial charge in [0.2, 0.25) is 0 Å². The Morgan fingerprint density at radius 1 is 1.11 bits per heavy atom. The normalized spacial score (nSPS) is 10.5. The maximum atomic E-state index is 9.87. The molecule has 0 aliphatic carbocycles. The van der Waals surface area contributed by atoms with Crippen LogP contribution >= 0.6 is 15.9 Å². The summed E-state index contributed by atoms with van der Waals surface area (Å²) in [4.78, 5) is 2.13. The summed E-state index contributed by atoms with van der Waals surface area (Å²) in [6.45, 7) is 2.83. The number of phenols is 1. The lowest BCUT2D eigenvalue weighted by Gasteiger charge is -2.20. The highest BCUT2D eigenvalue weighted by Gasteiger charge is 2.06. The van der Waals surface area contributed by atoms with Crippen LogP contribution in [0.3, 0.4) is 0 Å². The number of phenolic OH excluding ortho intramolecular Hbond substituents is 1. The van der Waals surface area contributed by atoms with Crippen molar-refractivity contribution in [1.29, 1.82) is 0 Å². The monoisotopic (exact) mass is 319 g/mol. The summed E-state index contributed by atoms with van der Waals surface area (Å²) in [6, 6.07) is 14.0. The molecule has 0 amide bonds. The zero-order chi connectivity index (χ0) is 13.8. The van der Waals surface area contributed by atoms with Crippen molar-refractivity contribution in [3.63, 3.8) is 0 Å². The molecular weight excluding hydrogens is 302 g/mol. The third kappa shape index (κ3) is 3.51. The standard InChI is InChI=1S/C16H18BrNO/c1-3-12-4-7-15(8-5-12)18(2)11-13-10-14(17)6-9-16(13)19/h4-10,19H,3,11H2,1-2H3. The molecule has 100 valence electrons. The maximum absolute atomic E-state index is 9.87. The molecular formula is C16H18BrNO. The molecule has 0 atom stereocenters. The van der Waals surface area contributed by atoms with Gasteiger partial charge in [0.25, 0.3) is 0 Å². The summed E-state index contributed by atoms with van der Waals surface area (Å²) in [6.07, 6.45) is 1.05. The number of benzene rings is 2. The highest BCUT2D eigenvalue weighted by atomic mass is 79.9. The molecule has 0 spiro atoms. The van der Waals surface area contributed by atoms with Crippen molar-refractivity contribution in [2.24, 2.45) is 0 Å². The molecule has 0 aliphatic heterocycles. The van der Waals surface area contributed by atoms with Crippen molar-refractivity contribution in [2.45, 2.75) is 19.9 Å². The van der Waals surface area contributed by atoms with Gasteiger partial charge in [-0.15, -0.1) is 0 Å². The van der Waals surface area contributed by atoms with Gasteiger partial charge >= 0.3 is 0 Å². The topological polar surface area (TPSA) is 23.5 Å². The first kappa shape index (κ1) is 13.9. The van der Waals surface area contributed by atoms with E-state index in [0.717, 1.165) is 22.1 Å². The summed E-state index contributed by atoms with van der Waals surface area (Å²) in [5.41, 5.74) is 3.40. The minimum Gasteiger partial charge on any atom is -0.508 e. The van der Waals surface area contributed by atoms with Gasteiger partial charge in [0.05, 0.1) is 0 Å². The van der Waals surface area contributed by atoms with E-state index in [1.165, 1.54) is 5.56 Å². The van der Waals surface area contributed by atoms with Gasteiger partial charge in [0, 0.05) is 29.3 Å². The summed E-state index contributed by atoms with van der Waals surface area (Å²) in [7, 11) is 2.03. The highest BCUT2D eigenvalue weighted by Crippen LogP contribution is 2.25. The van der Waals surface area contributed by atoms with Crippen LogP contribution in [0.1, 0.15) is 18.1 Å². The van der Waals surface area contributed by atoms with E-state index < -0.39 is 0 Å². The first-order valence-corrected chi connectivity index (χ1v) is 7.17. The van der Waals surface area contributed by atoms with Crippen LogP contribution in [0.5, 0.6) is 5.75 Å². The molecule has 0 aromatic heterocycles. The van der Waals surface area contributed by atoms with Crippen LogP contribution in [0.25, 0.3) is 0 Å². The first-order valence-electron chi connectivity index (χ1n) is 6.37. The third-order valence-electron chi connectivity index (χ3n) is 3.23. The van der Waals surface area contributed by atoms with E-state index in [0.29, 0.717) is 12.3 Å². The second-order valence-electron chi connectivity index (χ2n) is 4.65. The van der Waals surface area contributed by atoms with Crippen LogP contribution in [0, 0.1) is 0 Å². The van der Waals surface area contributed by atoms with Crippen LogP contribution in [-0.4, -0.2) is 12.2 Å². The molecule has 2 nitrogen and oxygen atoms in total. The van der Waals surface area contributed by atoms with E-state index in [2.05, 4.69) is 52.0 Å². The molecule has 1 N–H and O–H groups in total. The van der Waals surface area contributed by atoms with Crippen molar-refractivity contribution in [1.82, 2.24) is 0 Å². The van der Waals surface area contributed by atoms with Crippen molar-refractivity contribution in [3.8, 4) is 5.75 Å². The van der Waals surface area contributed by atoms with E-state index in [4.69, 9.17) is 0 Å². The lowest BCUT2D eigenvalue weighted by atomic mass is 10.1. The Morgan fingerprint density at radius 3 is 2.42 bits per heavy atom. The van der Waals surface area contributed by atoms with Gasteiger partial charge in [-0.1, -0.05) is 35.0 Å². The van der Waals surface area contributed by atoms with Gasteiger partial charge < -0.3 is 10.0 Å². The molecule has 0 bridgehead atoms. The molecule has 0 radical (unpaired) electrons. The molecule has 2 aromatic rings. The van der Waals surface area contributed by atoms with E-state index in [1.807, 2.05) is 19.2 Å². The fraction of sp³-hybridized carbons (Fsp3) is 0.250. The lowest BCUT2D eigenvalue weighted by Crippen LogP contribution is -2.16. The van der Waals surface area contributed by atoms with Crippen molar-refractivity contribution in [3.05, 3.63) is 58.1 Å². The summed E-state index contributed by atoms with van der Waals surface area (Å²) < 4.78 is 0.982. The lowest BCUT2D eigenvalue weighted by molar-refractivity contribution is 0.467. The van der Waals surface area contributed by atoms with Gasteiger partial charge in [0.1, 0.15) is 5.75 Å². The second kappa shape index (κ2) is 6.11. The number of hydrogen-bond acceptors (Lipinski definition) is 2. The Hall–Kier alpha value is -1.48. The van der Waals surface area contributed by atoms with Crippen molar-refractivity contribution in [2.75, 3.05) is 11.9 Å². The zero-order valence-electron chi connectivity index (χ0n) is 11.2. The molecule has 2 aromatic carbocycles. The smallest absolute Gasteiger partial charge is 0.120 e. The van der Waals surface area contributed by atoms with Gasteiger partial charge in [-0.3, -0.25) is 0 Å². The second-order valence-corrected chi connectivity index (χ2v) is 5.56. The van der Waals surface area contributed by atoms with E-state index in [1.54, 1.807) is 6.07 Å². The highest BCUT2D eigenvalue weighted by molar-refractivity contribution is 9.10. The largest absolute Gasteiger partial charge is 0.508 e. The summed E-state index contributed by atoms with van der Waals surface area (Å²) in [5.74, 6) is 0.334. The van der Waals surface area contributed by atoms with Crippen LogP contribution in [0.4, 0.5) is 5.69 Å². The SMILES string of the molecule is CCc1ccc(N(C)Cc2cc(Br)ccc2O)cc1. The van der Waals surface area contributed by atoms with E-state index in [-0.39, 0.29) is 0 Å². The Labute approximate surface area is 122 Å². The number of halogens is 1. The Bertz CT molecular complexity index is 551. The van der Waals surface area contributed by atoms with E-state index in [9.17, 15) is 5.11 Å². The number of anilines is 1. The number of hydrogen-bond donors (Lipinski definition) is 1. The van der Waals surface area contributed by atoms with Gasteiger partial charge in [-0.2, -0.15) is 0 Å². The fourth-order valence-corrected chi connectivity index (χ4v) is 2.42. The van der Waals surface area contributed by atoms with Crippen molar-refractivity contribution < 1.29 is 5.11 Å². The predicted molar refractivity (Wildman–Crippen MR) is 83.7 cm³/mol. The molecule has 19 heavy (non-hydrogen) atoms. The van der Waals surface area contributed by atoms with Gasteiger partial charge in [-0.25, -0.2) is 0 Å². The van der Waals surface area contributed by atoms with Crippen LogP contribution in [-0.2, 0) is 13.0 Å². The number of aromatic hydroxyl groups is 1. The van der Waals surface area contributed by atoms with Crippen LogP contribution < -0.4 is 4.90 Å². The summed E-state index contributed by atoms with van der Waals surface area (Å²) in [5, 5.41) is 9.87.